The number of hydrogen-bond donors (Lipinski definition) is 2. The number of carbonyl (C=O) groups excluding carboxylic acids is 3. The van der Waals surface area contributed by atoms with Gasteiger partial charge in [-0.25, -0.2) is 0 Å². The molecule has 0 aromatic rings. The summed E-state index contributed by atoms with van der Waals surface area (Å²) in [5.74, 6) is -0.920. The monoisotopic (exact) mass is 327 g/mol. The van der Waals surface area contributed by atoms with Gasteiger partial charge in [0.05, 0.1) is 19.6 Å². The van der Waals surface area contributed by atoms with Crippen LogP contribution in [0.5, 0.6) is 0 Å². The number of hydrogen-bond acceptors (Lipinski definition) is 5. The van der Waals surface area contributed by atoms with Crippen LogP contribution >= 0.6 is 0 Å². The average Bonchev–Trinajstić information content (AvgIpc) is 2.46. The van der Waals surface area contributed by atoms with Crippen LogP contribution in [-0.4, -0.2) is 60.5 Å². The summed E-state index contributed by atoms with van der Waals surface area (Å²) in [6, 6.07) is -0.785. The molecule has 2 amide bonds. The number of unbranched alkanes of at least 4 members (excludes halogenated alkanes) is 1. The fraction of sp³-hybridized carbons (Fsp3) is 0.812. The van der Waals surface area contributed by atoms with Crippen LogP contribution < -0.4 is 10.6 Å². The highest BCUT2D eigenvalue weighted by molar-refractivity contribution is 5.92. The van der Waals surface area contributed by atoms with Gasteiger partial charge in [-0.3, -0.25) is 14.4 Å². The molecule has 0 bridgehead atoms. The van der Waals surface area contributed by atoms with Crippen molar-refractivity contribution in [1.29, 1.82) is 0 Å². The first kappa shape index (κ1) is 19.4. The maximum atomic E-state index is 12.4. The van der Waals surface area contributed by atoms with Gasteiger partial charge in [0.2, 0.25) is 11.8 Å². The van der Waals surface area contributed by atoms with Gasteiger partial charge in [-0.05, 0) is 27.2 Å². The molecule has 7 nitrogen and oxygen atoms in total. The van der Waals surface area contributed by atoms with Gasteiger partial charge < -0.3 is 20.3 Å². The Balaban J connectivity index is 2.62. The number of nitrogens with one attached hydrogen (secondary N) is 2. The molecule has 1 saturated heterocycles. The van der Waals surface area contributed by atoms with E-state index in [0.717, 1.165) is 12.8 Å². The van der Waals surface area contributed by atoms with E-state index >= 15 is 0 Å². The number of rotatable bonds is 7. The van der Waals surface area contributed by atoms with Crippen molar-refractivity contribution in [2.45, 2.75) is 58.5 Å². The summed E-state index contributed by atoms with van der Waals surface area (Å²) in [6.45, 7) is 9.19. The summed E-state index contributed by atoms with van der Waals surface area (Å²) in [5, 5.41) is 5.81. The molecule has 7 heteroatoms. The zero-order valence-electron chi connectivity index (χ0n) is 14.6. The van der Waals surface area contributed by atoms with Gasteiger partial charge in [0.1, 0.15) is 6.04 Å². The predicted octanol–water partition coefficient (Wildman–Crippen LogP) is 0.435. The third kappa shape index (κ3) is 6.99. The molecule has 0 spiro atoms. The molecule has 1 aliphatic rings. The number of nitrogens with zero attached hydrogens (tertiary/aromatic N) is 1. The number of amides is 2. The van der Waals surface area contributed by atoms with Crippen molar-refractivity contribution in [3.63, 3.8) is 0 Å². The summed E-state index contributed by atoms with van der Waals surface area (Å²) in [7, 11) is 0. The van der Waals surface area contributed by atoms with Gasteiger partial charge in [-0.2, -0.15) is 0 Å². The summed E-state index contributed by atoms with van der Waals surface area (Å²) in [6.07, 6.45) is 1.62. The van der Waals surface area contributed by atoms with E-state index in [9.17, 15) is 14.4 Å². The maximum absolute atomic E-state index is 12.4. The lowest BCUT2D eigenvalue weighted by Crippen LogP contribution is -2.59. The van der Waals surface area contributed by atoms with Crippen LogP contribution in [0.15, 0.2) is 0 Å². The van der Waals surface area contributed by atoms with Gasteiger partial charge >= 0.3 is 5.97 Å². The molecule has 0 saturated carbocycles. The Morgan fingerprint density at radius 3 is 2.70 bits per heavy atom. The summed E-state index contributed by atoms with van der Waals surface area (Å²) in [5.41, 5.74) is -0.192. The molecule has 1 fully saturated rings. The van der Waals surface area contributed by atoms with Crippen molar-refractivity contribution in [1.82, 2.24) is 15.5 Å². The number of piperazine rings is 1. The second kappa shape index (κ2) is 8.86. The van der Waals surface area contributed by atoms with Crippen LogP contribution in [0.1, 0.15) is 47.0 Å². The van der Waals surface area contributed by atoms with E-state index in [1.165, 1.54) is 4.90 Å². The van der Waals surface area contributed by atoms with Gasteiger partial charge in [-0.1, -0.05) is 13.3 Å². The van der Waals surface area contributed by atoms with Crippen LogP contribution in [0.3, 0.4) is 0 Å². The van der Waals surface area contributed by atoms with Crippen molar-refractivity contribution in [3.05, 3.63) is 0 Å². The zero-order chi connectivity index (χ0) is 17.5. The van der Waals surface area contributed by atoms with Gasteiger partial charge in [0.15, 0.2) is 0 Å². The molecule has 1 aliphatic heterocycles. The zero-order valence-corrected chi connectivity index (χ0v) is 14.6. The Hall–Kier alpha value is -1.63. The SMILES string of the molecule is CCCCOC(=O)CC1C(=O)NCCN1C(=O)CNC(C)(C)C. The Kier molecular flexibility index (Phi) is 7.48. The summed E-state index contributed by atoms with van der Waals surface area (Å²) in [4.78, 5) is 37.7. The smallest absolute Gasteiger partial charge is 0.308 e. The quantitative estimate of drug-likeness (QED) is 0.523. The Labute approximate surface area is 138 Å². The van der Waals surface area contributed by atoms with E-state index in [4.69, 9.17) is 4.74 Å². The first-order chi connectivity index (χ1) is 10.7. The molecule has 0 radical (unpaired) electrons. The Morgan fingerprint density at radius 1 is 1.39 bits per heavy atom. The van der Waals surface area contributed by atoms with Crippen molar-refractivity contribution in [2.24, 2.45) is 0 Å². The van der Waals surface area contributed by atoms with Crippen molar-refractivity contribution in [3.8, 4) is 0 Å². The Bertz CT molecular complexity index is 432. The van der Waals surface area contributed by atoms with Crippen molar-refractivity contribution >= 4 is 17.8 Å². The van der Waals surface area contributed by atoms with Gasteiger partial charge in [0, 0.05) is 18.6 Å². The molecule has 0 aromatic heterocycles. The minimum Gasteiger partial charge on any atom is -0.466 e. The Morgan fingerprint density at radius 2 is 2.09 bits per heavy atom. The molecule has 1 unspecified atom stereocenters. The third-order valence-corrected chi connectivity index (χ3v) is 3.54. The molecule has 132 valence electrons. The van der Waals surface area contributed by atoms with Crippen LogP contribution in [0.25, 0.3) is 0 Å². The van der Waals surface area contributed by atoms with Crippen LogP contribution in [0.4, 0.5) is 0 Å². The second-order valence-corrected chi connectivity index (χ2v) is 6.78. The van der Waals surface area contributed by atoms with E-state index < -0.39 is 12.0 Å². The minimum atomic E-state index is -0.785. The molecule has 1 heterocycles. The standard InChI is InChI=1S/C16H29N3O4/c1-5-6-9-23-14(21)10-12-15(22)17-7-8-19(12)13(20)11-18-16(2,3)4/h12,18H,5-11H2,1-4H3,(H,17,22). The van der Waals surface area contributed by atoms with Crippen LogP contribution in [0.2, 0.25) is 0 Å². The first-order valence-corrected chi connectivity index (χ1v) is 8.22. The molecule has 2 N–H and O–H groups in total. The number of esters is 1. The third-order valence-electron chi connectivity index (χ3n) is 3.54. The second-order valence-electron chi connectivity index (χ2n) is 6.78. The molecular formula is C16H29N3O4. The van der Waals surface area contributed by atoms with Gasteiger partial charge in [-0.15, -0.1) is 0 Å². The molecule has 1 rings (SSSR count). The fourth-order valence-corrected chi connectivity index (χ4v) is 2.21. The van der Waals surface area contributed by atoms with E-state index in [1.807, 2.05) is 27.7 Å². The van der Waals surface area contributed by atoms with Crippen LogP contribution in [0, 0.1) is 0 Å². The maximum Gasteiger partial charge on any atom is 0.308 e. The highest BCUT2D eigenvalue weighted by Crippen LogP contribution is 2.11. The molecular weight excluding hydrogens is 298 g/mol. The lowest BCUT2D eigenvalue weighted by atomic mass is 10.1. The van der Waals surface area contributed by atoms with Crippen molar-refractivity contribution in [2.75, 3.05) is 26.2 Å². The number of carbonyl (C=O) groups is 3. The highest BCUT2D eigenvalue weighted by atomic mass is 16.5. The summed E-state index contributed by atoms with van der Waals surface area (Å²) >= 11 is 0. The largest absolute Gasteiger partial charge is 0.466 e. The van der Waals surface area contributed by atoms with Crippen LogP contribution in [-0.2, 0) is 19.1 Å². The first-order valence-electron chi connectivity index (χ1n) is 8.22. The van der Waals surface area contributed by atoms with Crippen molar-refractivity contribution < 1.29 is 19.1 Å². The predicted molar refractivity (Wildman–Crippen MR) is 86.8 cm³/mol. The summed E-state index contributed by atoms with van der Waals surface area (Å²) < 4.78 is 5.10. The number of ether oxygens (including phenoxy) is 1. The molecule has 23 heavy (non-hydrogen) atoms. The minimum absolute atomic E-state index is 0.100. The van der Waals surface area contributed by atoms with E-state index in [0.29, 0.717) is 19.7 Å². The fourth-order valence-electron chi connectivity index (χ4n) is 2.21. The van der Waals surface area contributed by atoms with E-state index in [-0.39, 0.29) is 30.3 Å². The molecule has 0 aromatic carbocycles. The molecule has 1 atom stereocenters. The van der Waals surface area contributed by atoms with E-state index in [2.05, 4.69) is 10.6 Å². The van der Waals surface area contributed by atoms with E-state index in [1.54, 1.807) is 0 Å². The highest BCUT2D eigenvalue weighted by Gasteiger charge is 2.35. The normalized spacial score (nSPS) is 18.5. The molecule has 0 aliphatic carbocycles. The topological polar surface area (TPSA) is 87.7 Å². The lowest BCUT2D eigenvalue weighted by Gasteiger charge is -2.35. The van der Waals surface area contributed by atoms with Gasteiger partial charge in [0.25, 0.3) is 0 Å². The lowest BCUT2D eigenvalue weighted by molar-refractivity contribution is -0.151. The average molecular weight is 327 g/mol.